The fourth-order valence-corrected chi connectivity index (χ4v) is 2.80. The van der Waals surface area contributed by atoms with E-state index in [9.17, 15) is 0 Å². The van der Waals surface area contributed by atoms with Crippen molar-refractivity contribution in [3.63, 3.8) is 0 Å². The maximum absolute atomic E-state index is 6.32. The van der Waals surface area contributed by atoms with E-state index in [1.807, 2.05) is 20.0 Å². The molecule has 1 N–H and O–H groups in total. The fraction of sp³-hybridized carbons (Fsp3) is 0.462. The van der Waals surface area contributed by atoms with Crippen molar-refractivity contribution in [3.8, 4) is 5.75 Å². The van der Waals surface area contributed by atoms with Crippen molar-refractivity contribution in [3.05, 3.63) is 16.7 Å². The van der Waals surface area contributed by atoms with Crippen LogP contribution in [0.15, 0.2) is 6.07 Å². The topological polar surface area (TPSA) is 34.2 Å². The molecule has 3 nitrogen and oxygen atoms in total. The quantitative estimate of drug-likeness (QED) is 0.907. The van der Waals surface area contributed by atoms with Crippen LogP contribution >= 0.6 is 22.9 Å². The number of aryl methyl sites for hydroxylation is 1. The average Bonchev–Trinajstić information content (AvgIpc) is 2.76. The van der Waals surface area contributed by atoms with Crippen LogP contribution in [0.3, 0.4) is 0 Å². The molecule has 2 rings (SSSR count). The Morgan fingerprint density at radius 2 is 2.22 bits per heavy atom. The zero-order valence-corrected chi connectivity index (χ0v) is 12.6. The third-order valence-corrected chi connectivity index (χ3v) is 4.23. The number of fused-ring (bicyclic) bond motifs is 1. The van der Waals surface area contributed by atoms with Crippen LogP contribution in [0.25, 0.3) is 10.2 Å². The summed E-state index contributed by atoms with van der Waals surface area (Å²) in [4.78, 5) is 4.51. The minimum absolute atomic E-state index is 0.485. The highest BCUT2D eigenvalue weighted by Crippen LogP contribution is 2.39. The van der Waals surface area contributed by atoms with Gasteiger partial charge in [0.2, 0.25) is 0 Å². The maximum Gasteiger partial charge on any atom is 0.183 e. The van der Waals surface area contributed by atoms with Crippen molar-refractivity contribution in [2.75, 3.05) is 19.0 Å². The van der Waals surface area contributed by atoms with E-state index in [-0.39, 0.29) is 0 Å². The van der Waals surface area contributed by atoms with Gasteiger partial charge in [-0.1, -0.05) is 36.8 Å². The van der Waals surface area contributed by atoms with Crippen LogP contribution in [0.4, 0.5) is 5.13 Å². The van der Waals surface area contributed by atoms with Crippen molar-refractivity contribution < 1.29 is 4.74 Å². The highest BCUT2D eigenvalue weighted by molar-refractivity contribution is 7.22. The van der Waals surface area contributed by atoms with Crippen LogP contribution in [0.5, 0.6) is 5.75 Å². The predicted molar refractivity (Wildman–Crippen MR) is 79.2 cm³/mol. The van der Waals surface area contributed by atoms with Crippen LogP contribution < -0.4 is 10.1 Å². The number of rotatable bonds is 4. The lowest BCUT2D eigenvalue weighted by Gasteiger charge is -2.10. The lowest BCUT2D eigenvalue weighted by molar-refractivity contribution is 0.273. The fourth-order valence-electron chi connectivity index (χ4n) is 1.62. The van der Waals surface area contributed by atoms with Crippen molar-refractivity contribution in [2.45, 2.75) is 20.8 Å². The van der Waals surface area contributed by atoms with E-state index in [1.165, 1.54) is 0 Å². The molecule has 0 spiro atoms. The van der Waals surface area contributed by atoms with E-state index in [2.05, 4.69) is 24.1 Å². The Morgan fingerprint density at radius 1 is 1.50 bits per heavy atom. The summed E-state index contributed by atoms with van der Waals surface area (Å²) >= 11 is 7.87. The van der Waals surface area contributed by atoms with Crippen molar-refractivity contribution in [1.82, 2.24) is 4.98 Å². The molecule has 0 aliphatic rings. The predicted octanol–water partition coefficient (Wildman–Crippen LogP) is 4.33. The van der Waals surface area contributed by atoms with Crippen LogP contribution in [0, 0.1) is 12.8 Å². The molecule has 1 aromatic carbocycles. The zero-order valence-electron chi connectivity index (χ0n) is 11.0. The number of nitrogens with one attached hydrogen (secondary N) is 1. The number of anilines is 1. The van der Waals surface area contributed by atoms with Gasteiger partial charge in [-0.05, 0) is 24.5 Å². The molecule has 1 aromatic heterocycles. The first kappa shape index (κ1) is 13.4. The van der Waals surface area contributed by atoms with Gasteiger partial charge in [0.1, 0.15) is 11.3 Å². The van der Waals surface area contributed by atoms with Crippen molar-refractivity contribution in [1.29, 1.82) is 0 Å². The second-order valence-corrected chi connectivity index (χ2v) is 6.03. The Kier molecular flexibility index (Phi) is 3.97. The van der Waals surface area contributed by atoms with Gasteiger partial charge < -0.3 is 10.1 Å². The molecule has 0 aliphatic carbocycles. The van der Waals surface area contributed by atoms with Gasteiger partial charge in [0.15, 0.2) is 5.13 Å². The summed E-state index contributed by atoms with van der Waals surface area (Å²) in [5.74, 6) is 1.30. The van der Waals surface area contributed by atoms with E-state index in [4.69, 9.17) is 16.3 Å². The lowest BCUT2D eigenvalue weighted by Crippen LogP contribution is -2.05. The second kappa shape index (κ2) is 5.33. The summed E-state index contributed by atoms with van der Waals surface area (Å²) in [6.45, 7) is 6.92. The molecule has 5 heteroatoms. The highest BCUT2D eigenvalue weighted by atomic mass is 35.5. The minimum atomic E-state index is 0.485. The number of benzene rings is 1. The van der Waals surface area contributed by atoms with E-state index < -0.39 is 0 Å². The van der Waals surface area contributed by atoms with Crippen LogP contribution in [-0.2, 0) is 0 Å². The highest BCUT2D eigenvalue weighted by Gasteiger charge is 2.15. The third kappa shape index (κ3) is 2.54. The lowest BCUT2D eigenvalue weighted by atomic mass is 10.2. The Bertz CT molecular complexity index is 566. The monoisotopic (exact) mass is 284 g/mol. The number of ether oxygens (including phenoxy) is 1. The largest absolute Gasteiger partial charge is 0.491 e. The number of hydrogen-bond donors (Lipinski definition) is 1. The van der Waals surface area contributed by atoms with Gasteiger partial charge in [-0.25, -0.2) is 4.98 Å². The van der Waals surface area contributed by atoms with E-state index >= 15 is 0 Å². The second-order valence-electron chi connectivity index (χ2n) is 4.66. The van der Waals surface area contributed by atoms with Gasteiger partial charge in [-0.3, -0.25) is 0 Å². The third-order valence-electron chi connectivity index (χ3n) is 2.54. The summed E-state index contributed by atoms with van der Waals surface area (Å²) in [5, 5.41) is 4.67. The summed E-state index contributed by atoms with van der Waals surface area (Å²) < 4.78 is 6.82. The van der Waals surface area contributed by atoms with Gasteiger partial charge in [0.25, 0.3) is 0 Å². The number of halogens is 1. The van der Waals surface area contributed by atoms with E-state index in [0.717, 1.165) is 31.7 Å². The van der Waals surface area contributed by atoms with E-state index in [1.54, 1.807) is 11.3 Å². The minimum Gasteiger partial charge on any atom is -0.491 e. The molecule has 0 bridgehead atoms. The molecule has 0 unspecified atom stereocenters. The maximum atomic E-state index is 6.32. The molecular formula is C13H17ClN2OS. The Balaban J connectivity index is 2.51. The first-order chi connectivity index (χ1) is 8.52. The normalized spacial score (nSPS) is 11.2. The van der Waals surface area contributed by atoms with Crippen LogP contribution in [0.2, 0.25) is 5.02 Å². The molecule has 1 heterocycles. The summed E-state index contributed by atoms with van der Waals surface area (Å²) in [6.07, 6.45) is 0. The first-order valence-electron chi connectivity index (χ1n) is 5.93. The molecule has 2 aromatic rings. The number of nitrogens with zero attached hydrogens (tertiary/aromatic N) is 1. The van der Waals surface area contributed by atoms with Gasteiger partial charge in [0.05, 0.1) is 16.3 Å². The SMILES string of the molecule is CNc1nc2c(OCC(C)C)cc(C)c(Cl)c2s1. The molecule has 0 atom stereocenters. The molecule has 0 saturated heterocycles. The molecule has 0 radical (unpaired) electrons. The Morgan fingerprint density at radius 3 is 2.83 bits per heavy atom. The molecule has 0 saturated carbocycles. The summed E-state index contributed by atoms with van der Waals surface area (Å²) in [5.41, 5.74) is 1.87. The number of aromatic nitrogens is 1. The molecule has 98 valence electrons. The number of thiazole rings is 1. The smallest absolute Gasteiger partial charge is 0.183 e. The molecular weight excluding hydrogens is 268 g/mol. The van der Waals surface area contributed by atoms with E-state index in [0.29, 0.717) is 12.5 Å². The molecule has 0 amide bonds. The van der Waals surface area contributed by atoms with Gasteiger partial charge >= 0.3 is 0 Å². The Labute approximate surface area is 116 Å². The average molecular weight is 285 g/mol. The van der Waals surface area contributed by atoms with Crippen LogP contribution in [-0.4, -0.2) is 18.6 Å². The molecule has 18 heavy (non-hydrogen) atoms. The molecule has 0 aliphatic heterocycles. The van der Waals surface area contributed by atoms with Gasteiger partial charge in [0, 0.05) is 7.05 Å². The standard InChI is InChI=1S/C13H17ClN2OS/c1-7(2)6-17-9-5-8(3)10(14)12-11(9)16-13(15-4)18-12/h5,7H,6H2,1-4H3,(H,15,16). The first-order valence-corrected chi connectivity index (χ1v) is 7.12. The van der Waals surface area contributed by atoms with Gasteiger partial charge in [-0.2, -0.15) is 0 Å². The molecule has 0 fully saturated rings. The summed E-state index contributed by atoms with van der Waals surface area (Å²) in [6, 6.07) is 1.96. The zero-order chi connectivity index (χ0) is 13.3. The van der Waals surface area contributed by atoms with Gasteiger partial charge in [-0.15, -0.1) is 0 Å². The number of hydrogen-bond acceptors (Lipinski definition) is 4. The van der Waals surface area contributed by atoms with Crippen LogP contribution in [0.1, 0.15) is 19.4 Å². The van der Waals surface area contributed by atoms with Crippen molar-refractivity contribution >= 4 is 38.3 Å². The summed E-state index contributed by atoms with van der Waals surface area (Å²) in [7, 11) is 1.85. The Hall–Kier alpha value is -1.000. The van der Waals surface area contributed by atoms with Crippen molar-refractivity contribution in [2.24, 2.45) is 5.92 Å².